The third kappa shape index (κ3) is 3.83. The molecule has 0 aliphatic heterocycles. The molecule has 0 heterocycles. The van der Waals surface area contributed by atoms with Gasteiger partial charge in [0.2, 0.25) is 5.41 Å². The van der Waals surface area contributed by atoms with Crippen LogP contribution in [0.1, 0.15) is 55.4 Å². The molecule has 2 aromatic rings. The Hall–Kier alpha value is -4.10. The average molecular weight is 484 g/mol. The van der Waals surface area contributed by atoms with Crippen molar-refractivity contribution in [2.45, 2.75) is 17.8 Å². The molecule has 8 nitrogen and oxygen atoms in total. The molecule has 0 fully saturated rings. The first-order valence-electron chi connectivity index (χ1n) is 8.33. The number of rotatable bonds is 6. The van der Waals surface area contributed by atoms with Crippen molar-refractivity contribution in [1.29, 1.82) is 0 Å². The number of aromatic carboxylic acids is 4. The van der Waals surface area contributed by atoms with Crippen LogP contribution in [0.15, 0.2) is 36.4 Å². The first-order valence-corrected chi connectivity index (χ1v) is 8.33. The molecule has 14 heteroatoms. The summed E-state index contributed by atoms with van der Waals surface area (Å²) in [5.41, 5.74) is -16.4. The topological polar surface area (TPSA) is 149 Å². The molecule has 0 radical (unpaired) electrons. The highest BCUT2D eigenvalue weighted by Gasteiger charge is 2.74. The maximum atomic E-state index is 14.4. The third-order valence-corrected chi connectivity index (χ3v) is 4.68. The molecule has 0 unspecified atom stereocenters. The van der Waals surface area contributed by atoms with Crippen LogP contribution in [-0.4, -0.2) is 56.7 Å². The lowest BCUT2D eigenvalue weighted by atomic mass is 9.68. The van der Waals surface area contributed by atoms with Gasteiger partial charge in [-0.15, -0.1) is 0 Å². The summed E-state index contributed by atoms with van der Waals surface area (Å²) in [5.74, 6) is -9.31. The van der Waals surface area contributed by atoms with E-state index in [1.165, 1.54) is 0 Å². The van der Waals surface area contributed by atoms with E-state index < -0.39 is 75.0 Å². The summed E-state index contributed by atoms with van der Waals surface area (Å²) in [7, 11) is 0. The summed E-state index contributed by atoms with van der Waals surface area (Å²) < 4.78 is 86.4. The third-order valence-electron chi connectivity index (χ3n) is 4.68. The van der Waals surface area contributed by atoms with E-state index >= 15 is 0 Å². The van der Waals surface area contributed by atoms with Crippen LogP contribution >= 0.6 is 0 Å². The van der Waals surface area contributed by atoms with Crippen molar-refractivity contribution in [1.82, 2.24) is 0 Å². The molecule has 33 heavy (non-hydrogen) atoms. The summed E-state index contributed by atoms with van der Waals surface area (Å²) in [6.07, 6.45) is -13.0. The summed E-state index contributed by atoms with van der Waals surface area (Å²) in [6, 6.07) is 1.79. The molecular weight excluding hydrogens is 470 g/mol. The number of carboxylic acids is 4. The molecule has 0 spiro atoms. The van der Waals surface area contributed by atoms with E-state index in [0.29, 0.717) is 24.3 Å². The standard InChI is InChI=1S/C19H10F6O8.2H2/c20-18(21,22)17(19(23,24)25,9-5-1-3-7(13(26)27)11(9)15(30)31)10-6-2-4-8(14(28)29)12(10)16(32)33;;/h1-6H,(H,26,27)(H,28,29)(H,30,31)(H,32,33);2*1H. The van der Waals surface area contributed by atoms with Gasteiger partial charge in [0.05, 0.1) is 22.3 Å². The maximum absolute atomic E-state index is 14.4. The molecule has 0 saturated heterocycles. The molecule has 0 aliphatic rings. The van der Waals surface area contributed by atoms with Gasteiger partial charge in [-0.1, -0.05) is 24.3 Å². The fourth-order valence-corrected chi connectivity index (χ4v) is 3.46. The highest BCUT2D eigenvalue weighted by molar-refractivity contribution is 6.05. The van der Waals surface area contributed by atoms with Gasteiger partial charge < -0.3 is 20.4 Å². The Morgan fingerprint density at radius 1 is 0.576 bits per heavy atom. The highest BCUT2D eigenvalue weighted by Crippen LogP contribution is 2.58. The Balaban J connectivity index is 0.00000578. The molecule has 0 amide bonds. The van der Waals surface area contributed by atoms with Crippen molar-refractivity contribution in [3.8, 4) is 0 Å². The molecule has 0 atom stereocenters. The molecule has 0 bridgehead atoms. The van der Waals surface area contributed by atoms with Crippen molar-refractivity contribution in [2.75, 3.05) is 0 Å². The summed E-state index contributed by atoms with van der Waals surface area (Å²) in [6.45, 7) is 0. The number of hydrogen-bond donors (Lipinski definition) is 4. The molecule has 4 N–H and O–H groups in total. The van der Waals surface area contributed by atoms with Gasteiger partial charge in [-0.25, -0.2) is 19.2 Å². The number of halogens is 6. The lowest BCUT2D eigenvalue weighted by Crippen LogP contribution is -2.56. The summed E-state index contributed by atoms with van der Waals surface area (Å²) in [4.78, 5) is 46.1. The van der Waals surface area contributed by atoms with Crippen LogP contribution in [0.25, 0.3) is 0 Å². The smallest absolute Gasteiger partial charge is 0.411 e. The molecule has 2 rings (SSSR count). The summed E-state index contributed by atoms with van der Waals surface area (Å²) in [5, 5.41) is 37.0. The van der Waals surface area contributed by atoms with Crippen LogP contribution in [0.2, 0.25) is 0 Å². The van der Waals surface area contributed by atoms with Crippen LogP contribution in [0.4, 0.5) is 26.3 Å². The number of carboxylic acid groups (broad SMARTS) is 4. The number of benzene rings is 2. The zero-order valence-electron chi connectivity index (χ0n) is 15.7. The monoisotopic (exact) mass is 484 g/mol. The van der Waals surface area contributed by atoms with Crippen molar-refractivity contribution >= 4 is 23.9 Å². The van der Waals surface area contributed by atoms with Gasteiger partial charge in [-0.2, -0.15) is 26.3 Å². The number of alkyl halides is 6. The van der Waals surface area contributed by atoms with Gasteiger partial charge in [-0.05, 0) is 23.3 Å². The second-order valence-corrected chi connectivity index (χ2v) is 6.42. The van der Waals surface area contributed by atoms with E-state index in [-0.39, 0.29) is 15.0 Å². The van der Waals surface area contributed by atoms with E-state index in [0.717, 1.165) is 0 Å². The minimum atomic E-state index is -6.52. The normalized spacial score (nSPS) is 12.3. The fraction of sp³-hybridized carbons (Fsp3) is 0.158. The SMILES string of the molecule is O=C(O)c1cccc(C(c2cccc(C(=O)O)c2C(=O)O)(C(F)(F)F)C(F)(F)F)c1C(=O)O.[HH].[HH]. The first-order chi connectivity index (χ1) is 15.0. The van der Waals surface area contributed by atoms with Crippen molar-refractivity contribution in [3.63, 3.8) is 0 Å². The van der Waals surface area contributed by atoms with Gasteiger partial charge in [0.1, 0.15) is 0 Å². The van der Waals surface area contributed by atoms with Gasteiger partial charge >= 0.3 is 36.2 Å². The molecule has 0 aromatic heterocycles. The van der Waals surface area contributed by atoms with Gasteiger partial charge in [0.25, 0.3) is 0 Å². The zero-order valence-corrected chi connectivity index (χ0v) is 15.7. The number of carbonyl (C=O) groups is 4. The minimum Gasteiger partial charge on any atom is -0.478 e. The Morgan fingerprint density at radius 2 is 0.879 bits per heavy atom. The Kier molecular flexibility index (Phi) is 6.18. The van der Waals surface area contributed by atoms with E-state index in [1.807, 2.05) is 0 Å². The van der Waals surface area contributed by atoms with Crippen LogP contribution in [0.5, 0.6) is 0 Å². The average Bonchev–Trinajstić information content (AvgIpc) is 2.65. The predicted molar refractivity (Wildman–Crippen MR) is 97.8 cm³/mol. The van der Waals surface area contributed by atoms with E-state index in [9.17, 15) is 55.7 Å². The van der Waals surface area contributed by atoms with Crippen LogP contribution in [0, 0.1) is 0 Å². The van der Waals surface area contributed by atoms with Crippen molar-refractivity contribution in [2.24, 2.45) is 0 Å². The van der Waals surface area contributed by atoms with Crippen LogP contribution in [-0.2, 0) is 5.41 Å². The first kappa shape index (κ1) is 25.2. The Bertz CT molecular complexity index is 1090. The largest absolute Gasteiger partial charge is 0.478 e. The molecule has 0 saturated carbocycles. The van der Waals surface area contributed by atoms with Crippen molar-refractivity contribution < 1.29 is 68.8 Å². The van der Waals surface area contributed by atoms with E-state index in [4.69, 9.17) is 10.2 Å². The predicted octanol–water partition coefficient (Wildman–Crippen LogP) is 4.38. The molecule has 180 valence electrons. The second kappa shape index (κ2) is 8.11. The molecular formula is C19H14F6O8. The summed E-state index contributed by atoms with van der Waals surface area (Å²) >= 11 is 0. The fourth-order valence-electron chi connectivity index (χ4n) is 3.46. The maximum Gasteiger partial charge on any atom is 0.411 e. The highest BCUT2D eigenvalue weighted by atomic mass is 19.4. The Labute approximate surface area is 181 Å². The number of hydrogen-bond acceptors (Lipinski definition) is 4. The van der Waals surface area contributed by atoms with Crippen molar-refractivity contribution in [3.05, 3.63) is 69.8 Å². The van der Waals surface area contributed by atoms with E-state index in [1.54, 1.807) is 0 Å². The van der Waals surface area contributed by atoms with Crippen LogP contribution < -0.4 is 0 Å². The second-order valence-electron chi connectivity index (χ2n) is 6.42. The lowest BCUT2D eigenvalue weighted by molar-refractivity contribution is -0.288. The lowest BCUT2D eigenvalue weighted by Gasteiger charge is -2.40. The Morgan fingerprint density at radius 3 is 1.09 bits per heavy atom. The van der Waals surface area contributed by atoms with Gasteiger partial charge in [0, 0.05) is 2.85 Å². The minimum absolute atomic E-state index is 0. The van der Waals surface area contributed by atoms with Crippen LogP contribution in [0.3, 0.4) is 0 Å². The molecule has 2 aromatic carbocycles. The quantitative estimate of drug-likeness (QED) is 0.442. The van der Waals surface area contributed by atoms with Gasteiger partial charge in [-0.3, -0.25) is 0 Å². The van der Waals surface area contributed by atoms with E-state index in [2.05, 4.69) is 0 Å². The molecule has 0 aliphatic carbocycles. The van der Waals surface area contributed by atoms with Gasteiger partial charge in [0.15, 0.2) is 0 Å². The zero-order chi connectivity index (χ0) is 25.5.